The van der Waals surface area contributed by atoms with Gasteiger partial charge in [-0.25, -0.2) is 0 Å². The molecule has 0 radical (unpaired) electrons. The Hall–Kier alpha value is -2.09. The van der Waals surface area contributed by atoms with E-state index in [9.17, 15) is 4.79 Å². The van der Waals surface area contributed by atoms with Gasteiger partial charge in [0.05, 0.1) is 17.7 Å². The van der Waals surface area contributed by atoms with Crippen LogP contribution >= 0.6 is 0 Å². The van der Waals surface area contributed by atoms with Gasteiger partial charge in [-0.15, -0.1) is 0 Å². The smallest absolute Gasteiger partial charge is 0.227 e. The Morgan fingerprint density at radius 2 is 1.89 bits per heavy atom. The normalized spacial score (nSPS) is 16.5. The average Bonchev–Trinajstić information content (AvgIpc) is 3.04. The standard InChI is InChI=1S/C19H34N6O2/c1-6-20-17(26)19(4,5)14-22-18(21-7-2)25-10-8-24(9-11-25)13-16-12-15(3)27-23-16/h12H,6-11,13-14H2,1-5H3,(H,20,26)(H,21,22). The first-order valence-electron chi connectivity index (χ1n) is 9.81. The molecule has 2 rings (SSSR count). The topological polar surface area (TPSA) is 86.0 Å². The van der Waals surface area contributed by atoms with E-state index in [-0.39, 0.29) is 5.91 Å². The van der Waals surface area contributed by atoms with E-state index in [0.717, 1.165) is 56.7 Å². The highest BCUT2D eigenvalue weighted by Gasteiger charge is 2.28. The van der Waals surface area contributed by atoms with Gasteiger partial charge in [0.2, 0.25) is 5.91 Å². The molecule has 2 heterocycles. The van der Waals surface area contributed by atoms with Gasteiger partial charge in [0.15, 0.2) is 5.96 Å². The van der Waals surface area contributed by atoms with Crippen molar-refractivity contribution in [1.82, 2.24) is 25.6 Å². The fourth-order valence-corrected chi connectivity index (χ4v) is 3.01. The quantitative estimate of drug-likeness (QED) is 0.548. The summed E-state index contributed by atoms with van der Waals surface area (Å²) in [6.45, 7) is 16.2. The van der Waals surface area contributed by atoms with Gasteiger partial charge in [-0.1, -0.05) is 5.16 Å². The molecule has 8 heteroatoms. The number of carbonyl (C=O) groups is 1. The zero-order valence-electron chi connectivity index (χ0n) is 17.3. The van der Waals surface area contributed by atoms with Crippen molar-refractivity contribution in [2.75, 3.05) is 45.8 Å². The lowest BCUT2D eigenvalue weighted by molar-refractivity contribution is -0.128. The number of nitrogens with zero attached hydrogens (tertiary/aromatic N) is 4. The van der Waals surface area contributed by atoms with E-state index in [0.29, 0.717) is 13.1 Å². The van der Waals surface area contributed by atoms with Gasteiger partial charge in [-0.05, 0) is 34.6 Å². The number of rotatable bonds is 7. The lowest BCUT2D eigenvalue weighted by atomic mass is 9.92. The summed E-state index contributed by atoms with van der Waals surface area (Å²) in [6, 6.07) is 1.99. The molecule has 2 N–H and O–H groups in total. The zero-order valence-corrected chi connectivity index (χ0v) is 17.3. The Bertz CT molecular complexity index is 632. The Kier molecular flexibility index (Phi) is 7.65. The van der Waals surface area contributed by atoms with Crippen molar-refractivity contribution >= 4 is 11.9 Å². The third kappa shape index (κ3) is 6.23. The molecule has 0 bridgehead atoms. The van der Waals surface area contributed by atoms with Gasteiger partial charge in [0, 0.05) is 51.9 Å². The highest BCUT2D eigenvalue weighted by atomic mass is 16.5. The largest absolute Gasteiger partial charge is 0.361 e. The number of amides is 1. The molecule has 1 fully saturated rings. The fraction of sp³-hybridized carbons (Fsp3) is 0.737. The summed E-state index contributed by atoms with van der Waals surface area (Å²) in [5.74, 6) is 1.77. The maximum Gasteiger partial charge on any atom is 0.227 e. The molecule has 0 aromatic carbocycles. The fourth-order valence-electron chi connectivity index (χ4n) is 3.01. The van der Waals surface area contributed by atoms with Crippen LogP contribution in [0.3, 0.4) is 0 Å². The first kappa shape index (κ1) is 21.2. The molecule has 0 atom stereocenters. The minimum absolute atomic E-state index is 0.0392. The van der Waals surface area contributed by atoms with E-state index in [1.165, 1.54) is 0 Å². The van der Waals surface area contributed by atoms with Crippen LogP contribution in [0.1, 0.15) is 39.1 Å². The Morgan fingerprint density at radius 3 is 2.44 bits per heavy atom. The van der Waals surface area contributed by atoms with E-state index in [1.54, 1.807) is 0 Å². The van der Waals surface area contributed by atoms with Crippen molar-refractivity contribution in [1.29, 1.82) is 0 Å². The summed E-state index contributed by atoms with van der Waals surface area (Å²) >= 11 is 0. The first-order valence-corrected chi connectivity index (χ1v) is 9.81. The molecule has 0 unspecified atom stereocenters. The van der Waals surface area contributed by atoms with Gasteiger partial charge in [-0.3, -0.25) is 14.7 Å². The molecule has 1 aromatic rings. The summed E-state index contributed by atoms with van der Waals surface area (Å²) in [7, 11) is 0. The molecule has 8 nitrogen and oxygen atoms in total. The lowest BCUT2D eigenvalue weighted by Crippen LogP contribution is -2.52. The maximum atomic E-state index is 12.2. The van der Waals surface area contributed by atoms with E-state index in [4.69, 9.17) is 9.52 Å². The average molecular weight is 379 g/mol. The second-order valence-electron chi connectivity index (χ2n) is 7.61. The maximum absolute atomic E-state index is 12.2. The summed E-state index contributed by atoms with van der Waals surface area (Å²) in [4.78, 5) is 21.6. The molecule has 0 spiro atoms. The van der Waals surface area contributed by atoms with Crippen molar-refractivity contribution in [3.05, 3.63) is 17.5 Å². The van der Waals surface area contributed by atoms with Crippen LogP contribution in [0.5, 0.6) is 0 Å². The van der Waals surface area contributed by atoms with Crippen molar-refractivity contribution in [3.63, 3.8) is 0 Å². The van der Waals surface area contributed by atoms with Crippen LogP contribution in [-0.2, 0) is 11.3 Å². The highest BCUT2D eigenvalue weighted by Crippen LogP contribution is 2.16. The van der Waals surface area contributed by atoms with Crippen LogP contribution in [-0.4, -0.2) is 72.6 Å². The van der Waals surface area contributed by atoms with Crippen molar-refractivity contribution in [3.8, 4) is 0 Å². The zero-order chi connectivity index (χ0) is 19.9. The SMILES string of the molecule is CCNC(=O)C(C)(C)CN=C(NCC)N1CCN(Cc2cc(C)on2)CC1. The van der Waals surface area contributed by atoms with Crippen LogP contribution in [0.25, 0.3) is 0 Å². The molecule has 0 aliphatic carbocycles. The molecule has 0 saturated carbocycles. The molecular formula is C19H34N6O2. The van der Waals surface area contributed by atoms with Gasteiger partial charge in [0.1, 0.15) is 5.76 Å². The minimum Gasteiger partial charge on any atom is -0.361 e. The highest BCUT2D eigenvalue weighted by molar-refractivity contribution is 5.83. The van der Waals surface area contributed by atoms with Crippen LogP contribution in [0.4, 0.5) is 0 Å². The molecule has 152 valence electrons. The van der Waals surface area contributed by atoms with Crippen LogP contribution < -0.4 is 10.6 Å². The lowest BCUT2D eigenvalue weighted by Gasteiger charge is -2.36. The number of aromatic nitrogens is 1. The first-order chi connectivity index (χ1) is 12.9. The number of aliphatic imine (C=N–C) groups is 1. The number of aryl methyl sites for hydroxylation is 1. The number of piperazine rings is 1. The number of hydrogen-bond donors (Lipinski definition) is 2. The molecular weight excluding hydrogens is 344 g/mol. The Balaban J connectivity index is 1.92. The third-order valence-corrected chi connectivity index (χ3v) is 4.65. The van der Waals surface area contributed by atoms with E-state index < -0.39 is 5.41 Å². The molecule has 27 heavy (non-hydrogen) atoms. The Morgan fingerprint density at radius 1 is 1.22 bits per heavy atom. The Labute approximate surface area is 162 Å². The number of hydrogen-bond acceptors (Lipinski definition) is 5. The molecule has 1 aromatic heterocycles. The summed E-state index contributed by atoms with van der Waals surface area (Å²) in [5, 5.41) is 10.3. The summed E-state index contributed by atoms with van der Waals surface area (Å²) < 4.78 is 5.15. The van der Waals surface area contributed by atoms with Crippen LogP contribution in [0.15, 0.2) is 15.6 Å². The minimum atomic E-state index is -0.524. The van der Waals surface area contributed by atoms with Crippen LogP contribution in [0.2, 0.25) is 0 Å². The third-order valence-electron chi connectivity index (χ3n) is 4.65. The monoisotopic (exact) mass is 378 g/mol. The van der Waals surface area contributed by atoms with Crippen molar-refractivity contribution < 1.29 is 9.32 Å². The van der Waals surface area contributed by atoms with Gasteiger partial charge >= 0.3 is 0 Å². The van der Waals surface area contributed by atoms with Crippen LogP contribution in [0, 0.1) is 12.3 Å². The molecule has 1 amide bonds. The van der Waals surface area contributed by atoms with Gasteiger partial charge < -0.3 is 20.1 Å². The second kappa shape index (κ2) is 9.73. The van der Waals surface area contributed by atoms with Gasteiger partial charge in [-0.2, -0.15) is 0 Å². The summed E-state index contributed by atoms with van der Waals surface area (Å²) in [5.41, 5.74) is 0.453. The number of guanidine groups is 1. The molecule has 1 aliphatic heterocycles. The molecule has 1 saturated heterocycles. The van der Waals surface area contributed by atoms with Crippen molar-refractivity contribution in [2.24, 2.45) is 10.4 Å². The van der Waals surface area contributed by atoms with E-state index >= 15 is 0 Å². The summed E-state index contributed by atoms with van der Waals surface area (Å²) in [6.07, 6.45) is 0. The van der Waals surface area contributed by atoms with Gasteiger partial charge in [0.25, 0.3) is 0 Å². The number of nitrogens with one attached hydrogen (secondary N) is 2. The number of carbonyl (C=O) groups excluding carboxylic acids is 1. The predicted molar refractivity (Wildman–Crippen MR) is 107 cm³/mol. The second-order valence-corrected chi connectivity index (χ2v) is 7.61. The van der Waals surface area contributed by atoms with E-state index in [2.05, 4.69) is 32.5 Å². The predicted octanol–water partition coefficient (Wildman–Crippen LogP) is 1.23. The van der Waals surface area contributed by atoms with Crippen molar-refractivity contribution in [2.45, 2.75) is 41.2 Å². The van der Waals surface area contributed by atoms with E-state index in [1.807, 2.05) is 33.8 Å². The molecule has 1 aliphatic rings.